The van der Waals surface area contributed by atoms with Gasteiger partial charge in [0, 0.05) is 38.3 Å². The Morgan fingerprint density at radius 1 is 1.03 bits per heavy atom. The molecule has 1 aromatic rings. The van der Waals surface area contributed by atoms with Crippen LogP contribution in [-0.4, -0.2) is 60.5 Å². The van der Waals surface area contributed by atoms with Crippen LogP contribution in [0.1, 0.15) is 18.4 Å². The zero-order valence-electron chi connectivity index (χ0n) is 15.2. The summed E-state index contributed by atoms with van der Waals surface area (Å²) in [7, 11) is 0. The molecule has 162 valence electrons. The second-order valence-corrected chi connectivity index (χ2v) is 7.57. The molecule has 2 aliphatic heterocycles. The Bertz CT molecular complexity index is 720. The van der Waals surface area contributed by atoms with Crippen molar-refractivity contribution < 1.29 is 40.3 Å². The van der Waals surface area contributed by atoms with E-state index >= 15 is 0 Å². The number of carbonyl (C=O) groups excluding carboxylic acids is 1. The Morgan fingerprint density at radius 2 is 1.59 bits per heavy atom. The van der Waals surface area contributed by atoms with Gasteiger partial charge in [0.05, 0.1) is 0 Å². The van der Waals surface area contributed by atoms with Gasteiger partial charge in [0.1, 0.15) is 5.82 Å². The number of alkyl halides is 6. The first kappa shape index (κ1) is 21.7. The van der Waals surface area contributed by atoms with E-state index in [0.29, 0.717) is 38.0 Å². The Morgan fingerprint density at radius 3 is 2.10 bits per heavy atom. The molecular weight excluding hydrogens is 409 g/mol. The van der Waals surface area contributed by atoms with Crippen LogP contribution in [0.15, 0.2) is 24.3 Å². The number of halogens is 7. The van der Waals surface area contributed by atoms with Crippen LogP contribution < -0.4 is 0 Å². The maximum atomic E-state index is 13.7. The standard InChI is InChI=1S/C18H19F7N2O2/c19-13-4-2-1-3-12(13)9-26-10-16(11-26)5-7-27(8-6-16)15(28)29-14(17(20,21)22)18(23,24)25/h1-4,14H,5-11H2. The molecule has 2 saturated heterocycles. The van der Waals surface area contributed by atoms with Crippen LogP contribution >= 0.6 is 0 Å². The molecule has 0 unspecified atom stereocenters. The lowest BCUT2D eigenvalue weighted by Crippen LogP contribution is -2.60. The van der Waals surface area contributed by atoms with Crippen molar-refractivity contribution in [3.8, 4) is 0 Å². The zero-order chi connectivity index (χ0) is 21.4. The fourth-order valence-corrected chi connectivity index (χ4v) is 3.86. The number of piperidine rings is 1. The summed E-state index contributed by atoms with van der Waals surface area (Å²) in [6.07, 6.45) is -16.4. The summed E-state index contributed by atoms with van der Waals surface area (Å²) in [5, 5.41) is 0. The van der Waals surface area contributed by atoms with Crippen LogP contribution in [0.5, 0.6) is 0 Å². The number of hydrogen-bond donors (Lipinski definition) is 0. The lowest BCUT2D eigenvalue weighted by molar-refractivity contribution is -0.308. The number of carbonyl (C=O) groups is 1. The number of amides is 1. The van der Waals surface area contributed by atoms with Gasteiger partial charge in [0.15, 0.2) is 0 Å². The average molecular weight is 428 g/mol. The number of nitrogens with zero attached hydrogens (tertiary/aromatic N) is 2. The van der Waals surface area contributed by atoms with E-state index < -0.39 is 24.5 Å². The van der Waals surface area contributed by atoms with Crippen LogP contribution in [-0.2, 0) is 11.3 Å². The topological polar surface area (TPSA) is 32.8 Å². The van der Waals surface area contributed by atoms with E-state index in [4.69, 9.17) is 0 Å². The number of likely N-dealkylation sites (tertiary alicyclic amines) is 2. The van der Waals surface area contributed by atoms with Gasteiger partial charge in [-0.15, -0.1) is 0 Å². The zero-order valence-corrected chi connectivity index (χ0v) is 15.2. The highest BCUT2D eigenvalue weighted by Gasteiger charge is 2.60. The second kappa shape index (κ2) is 7.66. The van der Waals surface area contributed by atoms with Crippen LogP contribution in [0, 0.1) is 11.2 Å². The SMILES string of the molecule is O=C(OC(C(F)(F)F)C(F)(F)F)N1CCC2(CC1)CN(Cc1ccccc1F)C2. The summed E-state index contributed by atoms with van der Waals surface area (Å²) in [5.41, 5.74) is 0.379. The normalized spacial score (nSPS) is 20.1. The van der Waals surface area contributed by atoms with Crippen molar-refractivity contribution in [3.63, 3.8) is 0 Å². The minimum Gasteiger partial charge on any atom is -0.426 e. The fourth-order valence-electron chi connectivity index (χ4n) is 3.86. The summed E-state index contributed by atoms with van der Waals surface area (Å²) in [4.78, 5) is 14.7. The molecule has 0 aromatic heterocycles. The van der Waals surface area contributed by atoms with E-state index in [9.17, 15) is 35.5 Å². The molecule has 4 nitrogen and oxygen atoms in total. The van der Waals surface area contributed by atoms with Crippen molar-refractivity contribution in [2.45, 2.75) is 37.8 Å². The monoisotopic (exact) mass is 428 g/mol. The van der Waals surface area contributed by atoms with E-state index in [0.717, 1.165) is 4.90 Å². The third kappa shape index (κ3) is 4.93. The van der Waals surface area contributed by atoms with Gasteiger partial charge < -0.3 is 9.64 Å². The minimum absolute atomic E-state index is 0.00874. The van der Waals surface area contributed by atoms with Crippen molar-refractivity contribution in [1.29, 1.82) is 0 Å². The summed E-state index contributed by atoms with van der Waals surface area (Å²) < 4.78 is 92.6. The lowest BCUT2D eigenvalue weighted by atomic mass is 9.72. The molecule has 29 heavy (non-hydrogen) atoms. The number of benzene rings is 1. The van der Waals surface area contributed by atoms with Crippen molar-refractivity contribution in [2.24, 2.45) is 5.41 Å². The van der Waals surface area contributed by atoms with Crippen LogP contribution in [0.25, 0.3) is 0 Å². The Kier molecular flexibility index (Phi) is 5.72. The fraction of sp³-hybridized carbons (Fsp3) is 0.611. The van der Waals surface area contributed by atoms with E-state index in [2.05, 4.69) is 4.74 Å². The van der Waals surface area contributed by atoms with Crippen molar-refractivity contribution >= 4 is 6.09 Å². The van der Waals surface area contributed by atoms with Gasteiger partial charge in [-0.05, 0) is 24.3 Å². The molecule has 3 rings (SSSR count). The predicted octanol–water partition coefficient (Wildman–Crippen LogP) is 4.35. The van der Waals surface area contributed by atoms with E-state index in [1.165, 1.54) is 6.07 Å². The maximum absolute atomic E-state index is 13.7. The lowest BCUT2D eigenvalue weighted by Gasteiger charge is -2.54. The van der Waals surface area contributed by atoms with Gasteiger partial charge in [-0.1, -0.05) is 18.2 Å². The van der Waals surface area contributed by atoms with Crippen molar-refractivity contribution in [2.75, 3.05) is 26.2 Å². The largest absolute Gasteiger partial charge is 0.434 e. The third-order valence-corrected chi connectivity index (χ3v) is 5.37. The molecule has 2 fully saturated rings. The van der Waals surface area contributed by atoms with Crippen molar-refractivity contribution in [3.05, 3.63) is 35.6 Å². The van der Waals surface area contributed by atoms with Crippen LogP contribution in [0.2, 0.25) is 0 Å². The van der Waals surface area contributed by atoms with Gasteiger partial charge >= 0.3 is 18.4 Å². The quantitative estimate of drug-likeness (QED) is 0.671. The number of ether oxygens (including phenoxy) is 1. The van der Waals surface area contributed by atoms with E-state index in [1.54, 1.807) is 18.2 Å². The van der Waals surface area contributed by atoms with Gasteiger partial charge in [-0.2, -0.15) is 26.3 Å². The highest BCUT2D eigenvalue weighted by molar-refractivity contribution is 5.68. The molecule has 1 amide bonds. The van der Waals surface area contributed by atoms with Gasteiger partial charge in [0.2, 0.25) is 0 Å². The highest BCUT2D eigenvalue weighted by atomic mass is 19.4. The molecule has 0 atom stereocenters. The molecule has 0 radical (unpaired) electrons. The molecule has 2 heterocycles. The van der Waals surface area contributed by atoms with E-state index in [-0.39, 0.29) is 24.3 Å². The number of rotatable bonds is 3. The Hall–Kier alpha value is -2.04. The second-order valence-electron chi connectivity index (χ2n) is 7.57. The maximum Gasteiger partial charge on any atom is 0.434 e. The molecule has 2 aliphatic rings. The molecule has 1 spiro atoms. The van der Waals surface area contributed by atoms with Gasteiger partial charge in [-0.25, -0.2) is 9.18 Å². The van der Waals surface area contributed by atoms with E-state index in [1.807, 2.05) is 4.90 Å². The smallest absolute Gasteiger partial charge is 0.426 e. The summed E-state index contributed by atoms with van der Waals surface area (Å²) in [5.74, 6) is -0.310. The first-order chi connectivity index (χ1) is 13.4. The molecule has 1 aromatic carbocycles. The van der Waals surface area contributed by atoms with Gasteiger partial charge in [-0.3, -0.25) is 4.90 Å². The summed E-state index contributed by atoms with van der Waals surface area (Å²) in [6.45, 7) is 1.68. The molecule has 0 aliphatic carbocycles. The molecule has 11 heteroatoms. The highest BCUT2D eigenvalue weighted by Crippen LogP contribution is 2.42. The first-order valence-corrected chi connectivity index (χ1v) is 8.94. The van der Waals surface area contributed by atoms with Gasteiger partial charge in [0.25, 0.3) is 6.10 Å². The minimum atomic E-state index is -5.73. The summed E-state index contributed by atoms with van der Waals surface area (Å²) >= 11 is 0. The average Bonchev–Trinajstić information content (AvgIpc) is 2.58. The molecule has 0 N–H and O–H groups in total. The molecule has 0 saturated carbocycles. The van der Waals surface area contributed by atoms with Crippen LogP contribution in [0.4, 0.5) is 35.5 Å². The first-order valence-electron chi connectivity index (χ1n) is 8.94. The number of hydrogen-bond acceptors (Lipinski definition) is 3. The Balaban J connectivity index is 1.50. The third-order valence-electron chi connectivity index (χ3n) is 5.37. The van der Waals surface area contributed by atoms with Crippen molar-refractivity contribution in [1.82, 2.24) is 9.80 Å². The summed E-state index contributed by atoms with van der Waals surface area (Å²) in [6, 6.07) is 6.36. The molecule has 0 bridgehead atoms. The Labute approximate surface area is 162 Å². The predicted molar refractivity (Wildman–Crippen MR) is 87.3 cm³/mol. The molecular formula is C18H19F7N2O2. The van der Waals surface area contributed by atoms with Crippen LogP contribution in [0.3, 0.4) is 0 Å².